The Morgan fingerprint density at radius 2 is 1.33 bits per heavy atom. The van der Waals surface area contributed by atoms with E-state index < -0.39 is 94.4 Å². The second kappa shape index (κ2) is 21.4. The van der Waals surface area contributed by atoms with Crippen molar-refractivity contribution >= 4 is 30.0 Å². The maximum Gasteiger partial charge on any atom is 0.508 e. The van der Waals surface area contributed by atoms with Gasteiger partial charge in [-0.1, -0.05) is 149 Å². The smallest absolute Gasteiger partial charge is 0.456 e. The van der Waals surface area contributed by atoms with Crippen LogP contribution in [0.5, 0.6) is 0 Å². The van der Waals surface area contributed by atoms with Gasteiger partial charge in [0.1, 0.15) is 44.1 Å². The predicted octanol–water partition coefficient (Wildman–Crippen LogP) is 8.91. The summed E-state index contributed by atoms with van der Waals surface area (Å²) < 4.78 is 48.5. The number of amides is 1. The van der Waals surface area contributed by atoms with Gasteiger partial charge in [-0.25, -0.2) is 14.4 Å². The summed E-state index contributed by atoms with van der Waals surface area (Å²) in [5.74, 6) is -4.68. The normalized spacial score (nSPS) is 29.0. The van der Waals surface area contributed by atoms with E-state index in [4.69, 9.17) is 37.9 Å². The van der Waals surface area contributed by atoms with Crippen molar-refractivity contribution in [2.75, 3.05) is 13.4 Å². The maximum atomic E-state index is 15.8. The number of hydrogen-bond acceptors (Lipinski definition) is 14. The van der Waals surface area contributed by atoms with E-state index in [0.29, 0.717) is 16.7 Å². The highest BCUT2D eigenvalue weighted by atomic mass is 16.7. The van der Waals surface area contributed by atoms with Crippen LogP contribution in [-0.4, -0.2) is 84.1 Å². The first-order valence-corrected chi connectivity index (χ1v) is 24.5. The number of ketones is 1. The zero-order valence-electron chi connectivity index (χ0n) is 41.9. The predicted molar refractivity (Wildman–Crippen MR) is 261 cm³/mol. The van der Waals surface area contributed by atoms with E-state index in [9.17, 15) is 19.5 Å². The molecule has 4 aromatic rings. The molecule has 0 radical (unpaired) electrons. The fraction of sp³-hybridized carbons (Fsp3) is 0.456. The summed E-state index contributed by atoms with van der Waals surface area (Å²) in [6, 6.07) is 35.3. The van der Waals surface area contributed by atoms with Gasteiger partial charge >= 0.3 is 24.2 Å². The molecule has 2 N–H and O–H groups in total. The molecule has 2 bridgehead atoms. The van der Waals surface area contributed by atoms with Gasteiger partial charge in [0, 0.05) is 37.0 Å². The fourth-order valence-corrected chi connectivity index (χ4v) is 12.3. The first-order chi connectivity index (χ1) is 34.4. The van der Waals surface area contributed by atoms with Crippen molar-refractivity contribution in [3.63, 3.8) is 0 Å². The Hall–Kier alpha value is -6.39. The van der Waals surface area contributed by atoms with E-state index in [1.54, 1.807) is 58.0 Å². The van der Waals surface area contributed by atoms with Gasteiger partial charge in [-0.3, -0.25) is 9.59 Å². The molecule has 1 heterocycles. The van der Waals surface area contributed by atoms with Gasteiger partial charge in [0.2, 0.25) is 0 Å². The molecule has 2 saturated carbocycles. The summed E-state index contributed by atoms with van der Waals surface area (Å²) in [5, 5.41) is 16.6. The molecule has 15 heteroatoms. The van der Waals surface area contributed by atoms with Crippen molar-refractivity contribution in [2.24, 2.45) is 28.6 Å². The Balaban J connectivity index is 1.14. The van der Waals surface area contributed by atoms with Gasteiger partial charge in [-0.05, 0) is 53.2 Å². The molecule has 3 fully saturated rings. The van der Waals surface area contributed by atoms with Crippen molar-refractivity contribution in [2.45, 2.75) is 123 Å². The zero-order chi connectivity index (χ0) is 51.4. The lowest BCUT2D eigenvalue weighted by atomic mass is 9.42. The van der Waals surface area contributed by atoms with Crippen LogP contribution >= 0.6 is 0 Å². The second-order valence-corrected chi connectivity index (χ2v) is 20.3. The van der Waals surface area contributed by atoms with Crippen LogP contribution in [0.4, 0.5) is 9.59 Å². The van der Waals surface area contributed by atoms with Crippen molar-refractivity contribution < 1.29 is 67.0 Å². The van der Waals surface area contributed by atoms with Crippen LogP contribution in [0.15, 0.2) is 132 Å². The number of aliphatic hydroxyl groups is 1. The minimum absolute atomic E-state index is 0.0128. The van der Waals surface area contributed by atoms with Crippen LogP contribution in [-0.2, 0) is 72.1 Å². The Labute approximate surface area is 420 Å². The molecule has 72 heavy (non-hydrogen) atoms. The van der Waals surface area contributed by atoms with Crippen LogP contribution in [0.3, 0.4) is 0 Å². The molecular weight excluding hydrogens is 923 g/mol. The first-order valence-electron chi connectivity index (χ1n) is 24.5. The summed E-state index contributed by atoms with van der Waals surface area (Å²) >= 11 is 0. The number of rotatable bonds is 16. The molecule has 4 aliphatic rings. The Kier molecular flexibility index (Phi) is 15.4. The highest BCUT2D eigenvalue weighted by molar-refractivity contribution is 5.91. The van der Waals surface area contributed by atoms with E-state index in [2.05, 4.69) is 5.32 Å². The number of carbonyl (C=O) groups excluding carboxylic acids is 5. The minimum atomic E-state index is -1.79. The van der Waals surface area contributed by atoms with Gasteiger partial charge in [-0.2, -0.15) is 0 Å². The number of nitrogens with one attached hydrogen (secondary N) is 1. The van der Waals surface area contributed by atoms with Crippen molar-refractivity contribution in [1.29, 1.82) is 0 Å². The molecule has 0 spiro atoms. The number of esters is 2. The standard InChI is InChI=1S/C57H65NO14/c1-35-43(70-51(61)48(69-34-65-30-39-20-12-8-13-21-39)47(42-26-18-11-19-27-42)58-52(62)66-31-40-22-14-9-15-23-40)29-57(64)37(3)49-55(7,50(60)36(2)46(35)54(57,5)6)44(28-45-56(49,33-68-45)72-38(4)59)71-53(63)67-32-41-24-16-10-17-25-41/h8-27,36-37,43-45,47-49,64H,28-34H2,1-7H3,(H,58,62). The first kappa shape index (κ1) is 51.9. The monoisotopic (exact) mass is 987 g/mol. The van der Waals surface area contributed by atoms with Crippen molar-refractivity contribution in [1.82, 2.24) is 5.32 Å². The molecule has 11 unspecified atom stereocenters. The van der Waals surface area contributed by atoms with Crippen LogP contribution in [0, 0.1) is 28.6 Å². The Morgan fingerprint density at radius 1 is 0.778 bits per heavy atom. The van der Waals surface area contributed by atoms with Gasteiger partial charge < -0.3 is 48.3 Å². The van der Waals surface area contributed by atoms with Crippen LogP contribution < -0.4 is 5.32 Å². The molecule has 1 saturated heterocycles. The molecule has 382 valence electrons. The number of benzene rings is 4. The highest BCUT2D eigenvalue weighted by Crippen LogP contribution is 2.66. The van der Waals surface area contributed by atoms with E-state index in [0.717, 1.165) is 16.7 Å². The van der Waals surface area contributed by atoms with E-state index in [1.807, 2.05) is 105 Å². The number of alkyl carbamates (subject to hydrolysis) is 1. The number of ether oxygens (including phenoxy) is 8. The average Bonchev–Trinajstić information content (AvgIpc) is 3.36. The Bertz CT molecular complexity index is 2610. The van der Waals surface area contributed by atoms with Crippen molar-refractivity contribution in [3.8, 4) is 0 Å². The van der Waals surface area contributed by atoms with Crippen LogP contribution in [0.1, 0.15) is 89.6 Å². The molecule has 1 aliphatic heterocycles. The van der Waals surface area contributed by atoms with Gasteiger partial charge in [0.15, 0.2) is 11.7 Å². The molecule has 0 aromatic heterocycles. The lowest BCUT2D eigenvalue weighted by Gasteiger charge is -2.68. The molecule has 8 rings (SSSR count). The summed E-state index contributed by atoms with van der Waals surface area (Å²) in [6.45, 7) is 11.6. The molecular formula is C57H65NO14. The largest absolute Gasteiger partial charge is 0.508 e. The van der Waals surface area contributed by atoms with Gasteiger partial charge in [-0.15, -0.1) is 0 Å². The summed E-state index contributed by atoms with van der Waals surface area (Å²) in [7, 11) is 0. The van der Waals surface area contributed by atoms with Gasteiger partial charge in [0.25, 0.3) is 0 Å². The summed E-state index contributed by atoms with van der Waals surface area (Å²) in [6.07, 6.45) is -6.56. The minimum Gasteiger partial charge on any atom is -0.456 e. The van der Waals surface area contributed by atoms with Crippen LogP contribution in [0.25, 0.3) is 0 Å². The SMILES string of the molecule is CC(=O)OC12COC1CC(OC(=O)OCc1ccccc1)C1(C)C(=O)C(C)C3=C(C)C(OC(=O)C(OCOCc4ccccc4)C(NC(=O)OCc4ccccc4)c4ccccc4)CC(O)(C(C)C21)C3(C)C. The molecule has 1 amide bonds. The number of carbonyl (C=O) groups is 5. The number of hydrogen-bond donors (Lipinski definition) is 2. The quantitative estimate of drug-likeness (QED) is 0.0356. The fourth-order valence-electron chi connectivity index (χ4n) is 12.3. The lowest BCUT2D eigenvalue weighted by Crippen LogP contribution is -2.79. The zero-order valence-corrected chi connectivity index (χ0v) is 41.9. The third-order valence-corrected chi connectivity index (χ3v) is 15.7. The number of fused-ring (bicyclic) bond motifs is 5. The highest BCUT2D eigenvalue weighted by Gasteiger charge is 2.76. The van der Waals surface area contributed by atoms with E-state index in [1.165, 1.54) is 6.92 Å². The molecule has 15 nitrogen and oxygen atoms in total. The second-order valence-electron chi connectivity index (χ2n) is 20.3. The number of Topliss-reactive ketones (excluding diaryl/α,β-unsaturated/α-hetero) is 1. The third kappa shape index (κ3) is 10.0. The Morgan fingerprint density at radius 3 is 1.89 bits per heavy atom. The van der Waals surface area contributed by atoms with Crippen LogP contribution in [0.2, 0.25) is 0 Å². The molecule has 11 atom stereocenters. The van der Waals surface area contributed by atoms with E-state index in [-0.39, 0.29) is 51.8 Å². The summed E-state index contributed by atoms with van der Waals surface area (Å²) in [4.78, 5) is 71.2. The maximum absolute atomic E-state index is 15.8. The van der Waals surface area contributed by atoms with Gasteiger partial charge in [0.05, 0.1) is 30.3 Å². The average molecular weight is 988 g/mol. The van der Waals surface area contributed by atoms with E-state index >= 15 is 9.59 Å². The lowest BCUT2D eigenvalue weighted by molar-refractivity contribution is -0.338. The topological polar surface area (TPSA) is 191 Å². The van der Waals surface area contributed by atoms with Crippen molar-refractivity contribution in [3.05, 3.63) is 155 Å². The molecule has 4 aromatic carbocycles. The third-order valence-electron chi connectivity index (χ3n) is 15.7. The molecule has 3 aliphatic carbocycles. The summed E-state index contributed by atoms with van der Waals surface area (Å²) in [5.41, 5.74) is -1.98.